The zero-order valence-corrected chi connectivity index (χ0v) is 19.6. The van der Waals surface area contributed by atoms with Crippen LogP contribution in [0.4, 0.5) is 0 Å². The summed E-state index contributed by atoms with van der Waals surface area (Å²) in [7, 11) is -3.40. The Morgan fingerprint density at radius 2 is 1.94 bits per heavy atom. The smallest absolute Gasteiger partial charge is 0.229 e. The van der Waals surface area contributed by atoms with E-state index in [0.717, 1.165) is 5.69 Å². The first-order valence-electron chi connectivity index (χ1n) is 11.0. The van der Waals surface area contributed by atoms with Gasteiger partial charge in [-0.3, -0.25) is 4.98 Å². The van der Waals surface area contributed by atoms with E-state index >= 15 is 0 Å². The standard InChI is InChI=1S/C22H30N4O5S/c1-13(10-17-11-19(27)16(4)26(17)32(28,29)18-7-8-18)30-21-14(2)22(25-12-24-21)31-20-6-5-9-23-15(20)3/h5-6,9,12-13,16-19,27H,7-8,10-11H2,1-4H3/t13-,16?,17?,19?/m1/s1. The van der Waals surface area contributed by atoms with Gasteiger partial charge in [-0.1, -0.05) is 0 Å². The van der Waals surface area contributed by atoms with Gasteiger partial charge in [-0.25, -0.2) is 18.4 Å². The number of hydrogen-bond donors (Lipinski definition) is 1. The van der Waals surface area contributed by atoms with Crippen LogP contribution in [0.5, 0.6) is 17.5 Å². The Labute approximate surface area is 188 Å². The number of pyridine rings is 1. The molecule has 10 heteroatoms. The van der Waals surface area contributed by atoms with Crippen molar-refractivity contribution < 1.29 is 23.0 Å². The van der Waals surface area contributed by atoms with Gasteiger partial charge in [-0.15, -0.1) is 0 Å². The van der Waals surface area contributed by atoms with Crippen LogP contribution in [0.15, 0.2) is 24.7 Å². The second-order valence-electron chi connectivity index (χ2n) is 8.73. The molecule has 0 aromatic carbocycles. The van der Waals surface area contributed by atoms with Crippen LogP contribution in [0.1, 0.15) is 50.8 Å². The van der Waals surface area contributed by atoms with Crippen molar-refractivity contribution in [2.24, 2.45) is 0 Å². The van der Waals surface area contributed by atoms with Crippen molar-refractivity contribution >= 4 is 10.0 Å². The Bertz CT molecular complexity index is 1080. The first-order valence-corrected chi connectivity index (χ1v) is 12.5. The van der Waals surface area contributed by atoms with E-state index in [9.17, 15) is 13.5 Å². The number of nitrogens with zero attached hydrogens (tertiary/aromatic N) is 4. The summed E-state index contributed by atoms with van der Waals surface area (Å²) in [6.07, 6.45) is 4.31. The minimum atomic E-state index is -3.40. The van der Waals surface area contributed by atoms with Crippen LogP contribution in [-0.4, -0.2) is 62.3 Å². The van der Waals surface area contributed by atoms with E-state index in [2.05, 4.69) is 15.0 Å². The van der Waals surface area contributed by atoms with Crippen molar-refractivity contribution in [3.63, 3.8) is 0 Å². The molecule has 0 spiro atoms. The number of aliphatic hydroxyl groups excluding tert-OH is 1. The molecule has 2 fully saturated rings. The van der Waals surface area contributed by atoms with E-state index < -0.39 is 22.2 Å². The van der Waals surface area contributed by atoms with Crippen molar-refractivity contribution in [1.29, 1.82) is 0 Å². The molecule has 4 rings (SSSR count). The van der Waals surface area contributed by atoms with Gasteiger partial charge in [-0.05, 0) is 59.1 Å². The second kappa shape index (κ2) is 8.92. The molecule has 1 N–H and O–H groups in total. The monoisotopic (exact) mass is 462 g/mol. The molecule has 9 nitrogen and oxygen atoms in total. The quantitative estimate of drug-likeness (QED) is 0.637. The SMILES string of the molecule is Cc1ncccc1Oc1ncnc(O[C@H](C)CC2CC(O)C(C)N2S(=O)(=O)C2CC2)c1C. The van der Waals surface area contributed by atoms with Crippen LogP contribution in [0, 0.1) is 13.8 Å². The molecule has 0 radical (unpaired) electrons. The predicted molar refractivity (Wildman–Crippen MR) is 118 cm³/mol. The maximum absolute atomic E-state index is 12.9. The van der Waals surface area contributed by atoms with Gasteiger partial charge in [-0.2, -0.15) is 4.31 Å². The third kappa shape index (κ3) is 4.57. The maximum Gasteiger partial charge on any atom is 0.229 e. The molecule has 0 amide bonds. The maximum atomic E-state index is 12.9. The number of aromatic nitrogens is 3. The van der Waals surface area contributed by atoms with Crippen molar-refractivity contribution in [2.45, 2.75) is 82.9 Å². The van der Waals surface area contributed by atoms with Gasteiger partial charge in [0.2, 0.25) is 21.8 Å². The number of sulfonamides is 1. The number of hydrogen-bond acceptors (Lipinski definition) is 8. The molecular weight excluding hydrogens is 432 g/mol. The first-order chi connectivity index (χ1) is 15.2. The molecule has 1 aliphatic heterocycles. The molecule has 1 saturated carbocycles. The van der Waals surface area contributed by atoms with Crippen LogP contribution in [0.25, 0.3) is 0 Å². The molecule has 174 valence electrons. The summed E-state index contributed by atoms with van der Waals surface area (Å²) in [6.45, 7) is 7.32. The second-order valence-corrected chi connectivity index (χ2v) is 10.9. The van der Waals surface area contributed by atoms with Gasteiger partial charge in [0.05, 0.1) is 28.7 Å². The van der Waals surface area contributed by atoms with Crippen LogP contribution in [0.2, 0.25) is 0 Å². The van der Waals surface area contributed by atoms with Gasteiger partial charge in [0.15, 0.2) is 5.75 Å². The van der Waals surface area contributed by atoms with Gasteiger partial charge >= 0.3 is 0 Å². The Morgan fingerprint density at radius 3 is 2.62 bits per heavy atom. The third-order valence-corrected chi connectivity index (χ3v) is 8.68. The summed E-state index contributed by atoms with van der Waals surface area (Å²) in [5, 5.41) is 10.0. The van der Waals surface area contributed by atoms with E-state index in [1.807, 2.05) is 26.8 Å². The lowest BCUT2D eigenvalue weighted by Gasteiger charge is -2.29. The van der Waals surface area contributed by atoms with Gasteiger partial charge in [0.25, 0.3) is 0 Å². The first kappa shape index (κ1) is 22.9. The lowest BCUT2D eigenvalue weighted by molar-refractivity contribution is 0.150. The number of ether oxygens (including phenoxy) is 2. The zero-order chi connectivity index (χ0) is 23.0. The lowest BCUT2D eigenvalue weighted by Crippen LogP contribution is -2.44. The largest absolute Gasteiger partial charge is 0.474 e. The highest BCUT2D eigenvalue weighted by molar-refractivity contribution is 7.90. The number of rotatable bonds is 8. The molecule has 1 saturated heterocycles. The van der Waals surface area contributed by atoms with E-state index in [1.165, 1.54) is 10.6 Å². The molecule has 4 atom stereocenters. The molecule has 2 aromatic heterocycles. The van der Waals surface area contributed by atoms with Crippen LogP contribution >= 0.6 is 0 Å². The van der Waals surface area contributed by atoms with Crippen molar-refractivity contribution in [1.82, 2.24) is 19.3 Å². The van der Waals surface area contributed by atoms with Gasteiger partial charge in [0, 0.05) is 24.7 Å². The van der Waals surface area contributed by atoms with Crippen LogP contribution < -0.4 is 9.47 Å². The Balaban J connectivity index is 1.47. The summed E-state index contributed by atoms with van der Waals surface area (Å²) in [5.41, 5.74) is 1.39. The highest BCUT2D eigenvalue weighted by Gasteiger charge is 2.50. The Kier molecular flexibility index (Phi) is 6.37. The molecule has 3 unspecified atom stereocenters. The predicted octanol–water partition coefficient (Wildman–Crippen LogP) is 2.75. The normalized spacial score (nSPS) is 25.0. The minimum absolute atomic E-state index is 0.309. The van der Waals surface area contributed by atoms with Gasteiger partial charge < -0.3 is 14.6 Å². The highest BCUT2D eigenvalue weighted by atomic mass is 32.2. The molecular formula is C22H30N4O5S. The van der Waals surface area contributed by atoms with Crippen molar-refractivity contribution in [2.75, 3.05) is 0 Å². The van der Waals surface area contributed by atoms with Crippen LogP contribution in [-0.2, 0) is 10.0 Å². The van der Waals surface area contributed by atoms with Gasteiger partial charge in [0.1, 0.15) is 6.33 Å². The Hall–Kier alpha value is -2.30. The number of aliphatic hydroxyl groups is 1. The van der Waals surface area contributed by atoms with E-state index in [-0.39, 0.29) is 17.4 Å². The van der Waals surface area contributed by atoms with E-state index in [0.29, 0.717) is 48.8 Å². The Morgan fingerprint density at radius 1 is 1.22 bits per heavy atom. The van der Waals surface area contributed by atoms with Crippen molar-refractivity contribution in [3.8, 4) is 17.5 Å². The number of aryl methyl sites for hydroxylation is 1. The molecule has 2 aromatic rings. The topological polar surface area (TPSA) is 115 Å². The molecule has 1 aliphatic carbocycles. The fraction of sp³-hybridized carbons (Fsp3) is 0.591. The minimum Gasteiger partial charge on any atom is -0.474 e. The fourth-order valence-electron chi connectivity index (χ4n) is 4.20. The van der Waals surface area contributed by atoms with Crippen LogP contribution in [0.3, 0.4) is 0 Å². The molecule has 0 bridgehead atoms. The summed E-state index contributed by atoms with van der Waals surface area (Å²) < 4.78 is 39.4. The molecule has 3 heterocycles. The highest BCUT2D eigenvalue weighted by Crippen LogP contribution is 2.39. The average molecular weight is 463 g/mol. The summed E-state index contributed by atoms with van der Waals surface area (Å²) >= 11 is 0. The summed E-state index contributed by atoms with van der Waals surface area (Å²) in [6, 6.07) is 2.86. The molecule has 2 aliphatic rings. The summed E-state index contributed by atoms with van der Waals surface area (Å²) in [5.74, 6) is 1.36. The van der Waals surface area contributed by atoms with E-state index in [1.54, 1.807) is 19.2 Å². The zero-order valence-electron chi connectivity index (χ0n) is 18.8. The van der Waals surface area contributed by atoms with E-state index in [4.69, 9.17) is 9.47 Å². The van der Waals surface area contributed by atoms with Crippen molar-refractivity contribution in [3.05, 3.63) is 35.9 Å². The molecule has 32 heavy (non-hydrogen) atoms. The summed E-state index contributed by atoms with van der Waals surface area (Å²) in [4.78, 5) is 12.7. The average Bonchev–Trinajstić information content (AvgIpc) is 3.54. The lowest BCUT2D eigenvalue weighted by atomic mass is 10.1. The third-order valence-electron chi connectivity index (χ3n) is 6.14. The fourth-order valence-corrected chi connectivity index (χ4v) is 6.47.